The molecule has 0 amide bonds. The van der Waals surface area contributed by atoms with Gasteiger partial charge in [-0.1, -0.05) is 0 Å². The molecule has 0 atom stereocenters. The van der Waals surface area contributed by atoms with Gasteiger partial charge in [0.1, 0.15) is 0 Å². The minimum Gasteiger partial charge on any atom is -0.396 e. The van der Waals surface area contributed by atoms with Crippen molar-refractivity contribution in [3.05, 3.63) is 0 Å². The second kappa shape index (κ2) is 5.52. The van der Waals surface area contributed by atoms with Crippen LogP contribution in [0.4, 0.5) is 0 Å². The molecule has 11 heavy (non-hydrogen) atoms. The number of hydrogen-bond donors (Lipinski definition) is 2. The van der Waals surface area contributed by atoms with E-state index < -0.39 is 0 Å². The molecule has 0 aliphatic rings. The number of aliphatic hydroxyl groups excluding tert-OH is 1. The van der Waals surface area contributed by atoms with E-state index in [1.54, 1.807) is 0 Å². The van der Waals surface area contributed by atoms with Gasteiger partial charge in [-0.3, -0.25) is 4.84 Å². The summed E-state index contributed by atoms with van der Waals surface area (Å²) in [6.45, 7) is 7.04. The molecule has 2 N–H and O–H groups in total. The Labute approximate surface area is 68.7 Å². The van der Waals surface area contributed by atoms with Gasteiger partial charge in [0.25, 0.3) is 0 Å². The average molecular weight is 161 g/mol. The highest BCUT2D eigenvalue weighted by Crippen LogP contribution is 2.03. The van der Waals surface area contributed by atoms with E-state index in [0.29, 0.717) is 0 Å². The minimum atomic E-state index is -0.126. The second-order valence-electron chi connectivity index (χ2n) is 3.54. The van der Waals surface area contributed by atoms with Gasteiger partial charge >= 0.3 is 0 Å². The van der Waals surface area contributed by atoms with Crippen molar-refractivity contribution in [3.8, 4) is 0 Å². The van der Waals surface area contributed by atoms with Gasteiger partial charge in [-0.2, -0.15) is 0 Å². The van der Waals surface area contributed by atoms with Crippen molar-refractivity contribution in [3.63, 3.8) is 0 Å². The van der Waals surface area contributed by atoms with Crippen LogP contribution < -0.4 is 5.48 Å². The Bertz CT molecular complexity index is 88.6. The van der Waals surface area contributed by atoms with Crippen LogP contribution in [0.2, 0.25) is 0 Å². The Hall–Kier alpha value is -0.120. The van der Waals surface area contributed by atoms with Crippen LogP contribution in [-0.4, -0.2) is 23.9 Å². The molecule has 3 heteroatoms. The first-order valence-corrected chi connectivity index (χ1v) is 4.08. The highest BCUT2D eigenvalue weighted by Gasteiger charge is 2.08. The van der Waals surface area contributed by atoms with E-state index >= 15 is 0 Å². The fourth-order valence-electron chi connectivity index (χ4n) is 0.577. The van der Waals surface area contributed by atoms with Crippen molar-refractivity contribution < 1.29 is 9.94 Å². The van der Waals surface area contributed by atoms with E-state index in [1.807, 2.05) is 20.8 Å². The average Bonchev–Trinajstić information content (AvgIpc) is 1.85. The quantitative estimate of drug-likeness (QED) is 0.468. The van der Waals surface area contributed by atoms with E-state index in [2.05, 4.69) is 5.48 Å². The van der Waals surface area contributed by atoms with Gasteiger partial charge in [-0.15, -0.1) is 0 Å². The van der Waals surface area contributed by atoms with E-state index in [-0.39, 0.29) is 12.2 Å². The third-order valence-electron chi connectivity index (χ3n) is 1.07. The first-order valence-electron chi connectivity index (χ1n) is 4.08. The van der Waals surface area contributed by atoms with Crippen LogP contribution in [0.1, 0.15) is 33.6 Å². The third kappa shape index (κ3) is 9.88. The van der Waals surface area contributed by atoms with Gasteiger partial charge in [-0.25, -0.2) is 5.48 Å². The predicted molar refractivity (Wildman–Crippen MR) is 45.2 cm³/mol. The van der Waals surface area contributed by atoms with E-state index in [1.165, 1.54) is 0 Å². The van der Waals surface area contributed by atoms with Crippen LogP contribution in [-0.2, 0) is 4.84 Å². The zero-order valence-corrected chi connectivity index (χ0v) is 7.68. The lowest BCUT2D eigenvalue weighted by atomic mass is 10.2. The standard InChI is InChI=1S/C8H19NO2/c1-8(2,3)11-9-6-4-5-7-10/h9-10H,4-7H2,1-3H3. The summed E-state index contributed by atoms with van der Waals surface area (Å²) in [6.07, 6.45) is 1.78. The lowest BCUT2D eigenvalue weighted by Gasteiger charge is -2.19. The maximum absolute atomic E-state index is 8.46. The molecule has 0 spiro atoms. The Morgan fingerprint density at radius 1 is 1.27 bits per heavy atom. The zero-order chi connectivity index (χ0) is 8.74. The summed E-state index contributed by atoms with van der Waals surface area (Å²) in [6, 6.07) is 0. The Morgan fingerprint density at radius 2 is 1.91 bits per heavy atom. The number of hydrogen-bond acceptors (Lipinski definition) is 3. The fourth-order valence-corrected chi connectivity index (χ4v) is 0.577. The second-order valence-corrected chi connectivity index (χ2v) is 3.54. The largest absolute Gasteiger partial charge is 0.396 e. The number of hydroxylamine groups is 1. The molecule has 0 saturated heterocycles. The normalized spacial score (nSPS) is 12.0. The molecule has 0 unspecified atom stereocenters. The molecular weight excluding hydrogens is 142 g/mol. The van der Waals surface area contributed by atoms with Crippen molar-refractivity contribution in [2.45, 2.75) is 39.2 Å². The summed E-state index contributed by atoms with van der Waals surface area (Å²) >= 11 is 0. The van der Waals surface area contributed by atoms with Gasteiger partial charge in [0.15, 0.2) is 0 Å². The van der Waals surface area contributed by atoms with E-state index in [0.717, 1.165) is 19.4 Å². The molecule has 0 rings (SSSR count). The Balaban J connectivity index is 3.02. The van der Waals surface area contributed by atoms with E-state index in [9.17, 15) is 0 Å². The van der Waals surface area contributed by atoms with Crippen LogP contribution in [0.15, 0.2) is 0 Å². The number of nitrogens with one attached hydrogen (secondary N) is 1. The summed E-state index contributed by atoms with van der Waals surface area (Å²) in [5.41, 5.74) is 2.72. The zero-order valence-electron chi connectivity index (χ0n) is 7.68. The molecule has 0 bridgehead atoms. The molecule has 0 aromatic rings. The summed E-state index contributed by atoms with van der Waals surface area (Å²) in [4.78, 5) is 5.24. The van der Waals surface area contributed by atoms with Crippen molar-refractivity contribution >= 4 is 0 Å². The maximum atomic E-state index is 8.46. The number of unbranched alkanes of at least 4 members (excludes halogenated alkanes) is 1. The van der Waals surface area contributed by atoms with Crippen LogP contribution in [0.5, 0.6) is 0 Å². The predicted octanol–water partition coefficient (Wildman–Crippen LogP) is 1.08. The van der Waals surface area contributed by atoms with Crippen LogP contribution in [0.3, 0.4) is 0 Å². The Morgan fingerprint density at radius 3 is 2.36 bits per heavy atom. The number of aliphatic hydroxyl groups is 1. The summed E-state index contributed by atoms with van der Waals surface area (Å²) in [7, 11) is 0. The van der Waals surface area contributed by atoms with Gasteiger partial charge < -0.3 is 5.11 Å². The van der Waals surface area contributed by atoms with Gasteiger partial charge in [0.2, 0.25) is 0 Å². The maximum Gasteiger partial charge on any atom is 0.0812 e. The molecule has 0 aliphatic carbocycles. The van der Waals surface area contributed by atoms with E-state index in [4.69, 9.17) is 9.94 Å². The summed E-state index contributed by atoms with van der Waals surface area (Å²) in [5, 5.41) is 8.46. The Kier molecular flexibility index (Phi) is 5.46. The fraction of sp³-hybridized carbons (Fsp3) is 1.00. The lowest BCUT2D eigenvalue weighted by Crippen LogP contribution is -2.29. The lowest BCUT2D eigenvalue weighted by molar-refractivity contribution is -0.0727. The molecule has 68 valence electrons. The highest BCUT2D eigenvalue weighted by molar-refractivity contribution is 4.56. The highest BCUT2D eigenvalue weighted by atomic mass is 16.7. The molecule has 0 fully saturated rings. The van der Waals surface area contributed by atoms with Crippen molar-refractivity contribution in [2.75, 3.05) is 13.2 Å². The molecule has 0 saturated carbocycles. The SMILES string of the molecule is CC(C)(C)ONCCCCO. The molecule has 0 aliphatic heterocycles. The molecule has 3 nitrogen and oxygen atoms in total. The molecule has 0 heterocycles. The van der Waals surface area contributed by atoms with Crippen LogP contribution >= 0.6 is 0 Å². The molecule has 0 aromatic heterocycles. The van der Waals surface area contributed by atoms with Crippen molar-refractivity contribution in [1.82, 2.24) is 5.48 Å². The minimum absolute atomic E-state index is 0.126. The van der Waals surface area contributed by atoms with Gasteiger partial charge in [-0.05, 0) is 33.6 Å². The monoisotopic (exact) mass is 161 g/mol. The van der Waals surface area contributed by atoms with Gasteiger partial charge in [0, 0.05) is 13.2 Å². The first kappa shape index (κ1) is 10.9. The third-order valence-corrected chi connectivity index (χ3v) is 1.07. The van der Waals surface area contributed by atoms with Gasteiger partial charge in [0.05, 0.1) is 5.60 Å². The first-order chi connectivity index (χ1) is 5.06. The summed E-state index contributed by atoms with van der Waals surface area (Å²) in [5.74, 6) is 0. The smallest absolute Gasteiger partial charge is 0.0812 e. The summed E-state index contributed by atoms with van der Waals surface area (Å²) < 4.78 is 0. The van der Waals surface area contributed by atoms with Crippen LogP contribution in [0, 0.1) is 0 Å². The van der Waals surface area contributed by atoms with Crippen LogP contribution in [0.25, 0.3) is 0 Å². The molecule has 0 aromatic carbocycles. The number of rotatable bonds is 5. The molecular formula is C8H19NO2. The van der Waals surface area contributed by atoms with Crippen molar-refractivity contribution in [1.29, 1.82) is 0 Å². The van der Waals surface area contributed by atoms with Crippen molar-refractivity contribution in [2.24, 2.45) is 0 Å². The molecule has 0 radical (unpaired) electrons. The topological polar surface area (TPSA) is 41.5 Å².